The van der Waals surface area contributed by atoms with Crippen molar-refractivity contribution in [1.29, 1.82) is 0 Å². The molecule has 0 saturated carbocycles. The number of nitrogens with one attached hydrogen (secondary N) is 2. The molecule has 110 valence electrons. The van der Waals surface area contributed by atoms with Gasteiger partial charge in [-0.2, -0.15) is 0 Å². The second-order valence-corrected chi connectivity index (χ2v) is 5.81. The predicted octanol–water partition coefficient (Wildman–Crippen LogP) is -0.0415. The Bertz CT molecular complexity index is 270. The van der Waals surface area contributed by atoms with Crippen molar-refractivity contribution in [3.8, 4) is 0 Å². The van der Waals surface area contributed by atoms with Crippen LogP contribution < -0.4 is 10.0 Å². The fourth-order valence-electron chi connectivity index (χ4n) is 1.30. The second kappa shape index (κ2) is 11.9. The van der Waals surface area contributed by atoms with Gasteiger partial charge in [-0.1, -0.05) is 6.92 Å². The zero-order valence-corrected chi connectivity index (χ0v) is 12.2. The van der Waals surface area contributed by atoms with Crippen molar-refractivity contribution in [2.24, 2.45) is 0 Å². The van der Waals surface area contributed by atoms with Crippen molar-refractivity contribution < 1.29 is 17.9 Å². The maximum atomic E-state index is 11.5. The Balaban J connectivity index is 3.43. The molecule has 18 heavy (non-hydrogen) atoms. The van der Waals surface area contributed by atoms with Crippen LogP contribution in [0.25, 0.3) is 0 Å². The Morgan fingerprint density at radius 3 is 2.50 bits per heavy atom. The average molecular weight is 282 g/mol. The Hall–Kier alpha value is -0.210. The van der Waals surface area contributed by atoms with Crippen LogP contribution in [-0.4, -0.2) is 60.7 Å². The molecule has 0 aromatic heterocycles. The lowest BCUT2D eigenvalue weighted by atomic mass is 10.3. The molecule has 0 aromatic carbocycles. The average Bonchev–Trinajstić information content (AvgIpc) is 2.33. The van der Waals surface area contributed by atoms with E-state index < -0.39 is 10.0 Å². The maximum Gasteiger partial charge on any atom is 0.211 e. The highest BCUT2D eigenvalue weighted by molar-refractivity contribution is 7.89. The van der Waals surface area contributed by atoms with Crippen molar-refractivity contribution in [1.82, 2.24) is 10.0 Å². The van der Waals surface area contributed by atoms with Crippen LogP contribution in [0.5, 0.6) is 0 Å². The van der Waals surface area contributed by atoms with E-state index in [1.807, 2.05) is 6.92 Å². The summed E-state index contributed by atoms with van der Waals surface area (Å²) in [5.41, 5.74) is 0. The van der Waals surface area contributed by atoms with Crippen molar-refractivity contribution >= 4 is 10.0 Å². The number of rotatable bonds is 13. The highest BCUT2D eigenvalue weighted by Gasteiger charge is 2.08. The van der Waals surface area contributed by atoms with Gasteiger partial charge >= 0.3 is 0 Å². The van der Waals surface area contributed by atoms with Crippen LogP contribution in [0.15, 0.2) is 0 Å². The van der Waals surface area contributed by atoms with Crippen LogP contribution in [0, 0.1) is 0 Å². The molecule has 2 N–H and O–H groups in total. The quantitative estimate of drug-likeness (QED) is 0.464. The number of hydrogen-bond acceptors (Lipinski definition) is 5. The standard InChI is InChI=1S/C11H26N2O4S/c1-3-12-6-4-5-11-18(14,15)13-7-8-17-10-9-16-2/h12-13H,3-11H2,1-2H3. The molecule has 0 radical (unpaired) electrons. The number of hydrogen-bond donors (Lipinski definition) is 2. The van der Waals surface area contributed by atoms with Crippen LogP contribution in [0.2, 0.25) is 0 Å². The van der Waals surface area contributed by atoms with E-state index >= 15 is 0 Å². The third-order valence-corrected chi connectivity index (χ3v) is 3.74. The molecule has 0 heterocycles. The van der Waals surface area contributed by atoms with E-state index in [-0.39, 0.29) is 5.75 Å². The lowest BCUT2D eigenvalue weighted by Gasteiger charge is -2.07. The molecule has 7 heteroatoms. The summed E-state index contributed by atoms with van der Waals surface area (Å²) in [4.78, 5) is 0. The highest BCUT2D eigenvalue weighted by Crippen LogP contribution is 1.93. The van der Waals surface area contributed by atoms with Crippen LogP contribution in [0.4, 0.5) is 0 Å². The van der Waals surface area contributed by atoms with Gasteiger partial charge < -0.3 is 14.8 Å². The third-order valence-electron chi connectivity index (χ3n) is 2.27. The van der Waals surface area contributed by atoms with E-state index in [4.69, 9.17) is 9.47 Å². The van der Waals surface area contributed by atoms with Crippen molar-refractivity contribution in [2.45, 2.75) is 19.8 Å². The zero-order chi connectivity index (χ0) is 13.7. The molecule has 0 aliphatic rings. The Labute approximate surface area is 110 Å². The van der Waals surface area contributed by atoms with Gasteiger partial charge in [0, 0.05) is 13.7 Å². The van der Waals surface area contributed by atoms with Gasteiger partial charge in [0.25, 0.3) is 0 Å². The first-order valence-electron chi connectivity index (χ1n) is 6.37. The first-order valence-corrected chi connectivity index (χ1v) is 8.02. The molecule has 0 unspecified atom stereocenters. The summed E-state index contributed by atoms with van der Waals surface area (Å²) in [6.07, 6.45) is 1.55. The van der Waals surface area contributed by atoms with Gasteiger partial charge in [0.2, 0.25) is 10.0 Å². The van der Waals surface area contributed by atoms with Crippen LogP contribution in [0.1, 0.15) is 19.8 Å². The zero-order valence-electron chi connectivity index (χ0n) is 11.4. The van der Waals surface area contributed by atoms with E-state index in [2.05, 4.69) is 10.0 Å². The van der Waals surface area contributed by atoms with Crippen LogP contribution >= 0.6 is 0 Å². The fraction of sp³-hybridized carbons (Fsp3) is 1.00. The Kier molecular flexibility index (Phi) is 11.7. The molecule has 6 nitrogen and oxygen atoms in total. The van der Waals surface area contributed by atoms with E-state index in [0.29, 0.717) is 32.8 Å². The molecule has 0 aliphatic carbocycles. The van der Waals surface area contributed by atoms with Gasteiger partial charge in [-0.25, -0.2) is 13.1 Å². The molecule has 0 aliphatic heterocycles. The topological polar surface area (TPSA) is 76.7 Å². The molecule has 0 bridgehead atoms. The minimum atomic E-state index is -3.15. The minimum absolute atomic E-state index is 0.177. The fourth-order valence-corrected chi connectivity index (χ4v) is 2.43. The van der Waals surface area contributed by atoms with E-state index in [1.165, 1.54) is 0 Å². The summed E-state index contributed by atoms with van der Waals surface area (Å²) in [6.45, 7) is 5.52. The monoisotopic (exact) mass is 282 g/mol. The van der Waals surface area contributed by atoms with Gasteiger partial charge in [-0.05, 0) is 25.9 Å². The van der Waals surface area contributed by atoms with Gasteiger partial charge in [0.1, 0.15) is 0 Å². The summed E-state index contributed by atoms with van der Waals surface area (Å²) < 4.78 is 35.6. The van der Waals surface area contributed by atoms with E-state index in [9.17, 15) is 8.42 Å². The Morgan fingerprint density at radius 2 is 1.83 bits per heavy atom. The molecule has 0 aromatic rings. The molecule has 0 fully saturated rings. The normalized spacial score (nSPS) is 11.9. The first kappa shape index (κ1) is 17.8. The molecule has 0 spiro atoms. The smallest absolute Gasteiger partial charge is 0.211 e. The summed E-state index contributed by atoms with van der Waals surface area (Å²) in [5.74, 6) is 0.177. The molecular weight excluding hydrogens is 256 g/mol. The lowest BCUT2D eigenvalue weighted by molar-refractivity contribution is 0.0736. The van der Waals surface area contributed by atoms with Crippen LogP contribution in [0.3, 0.4) is 0 Å². The number of sulfonamides is 1. The van der Waals surface area contributed by atoms with Crippen molar-refractivity contribution in [3.05, 3.63) is 0 Å². The molecule has 0 saturated heterocycles. The summed E-state index contributed by atoms with van der Waals surface area (Å²) in [6, 6.07) is 0. The van der Waals surface area contributed by atoms with Gasteiger partial charge in [-0.3, -0.25) is 0 Å². The molecule has 0 rings (SSSR count). The number of methoxy groups -OCH3 is 1. The van der Waals surface area contributed by atoms with Gasteiger partial charge in [0.15, 0.2) is 0 Å². The lowest BCUT2D eigenvalue weighted by Crippen LogP contribution is -2.30. The predicted molar refractivity (Wildman–Crippen MR) is 72.3 cm³/mol. The maximum absolute atomic E-state index is 11.5. The minimum Gasteiger partial charge on any atom is -0.382 e. The summed E-state index contributed by atoms with van der Waals surface area (Å²) in [5, 5.41) is 3.16. The molecule has 0 amide bonds. The summed E-state index contributed by atoms with van der Waals surface area (Å²) in [7, 11) is -1.55. The first-order chi connectivity index (χ1) is 8.62. The second-order valence-electron chi connectivity index (χ2n) is 3.88. The Morgan fingerprint density at radius 1 is 1.06 bits per heavy atom. The van der Waals surface area contributed by atoms with E-state index in [0.717, 1.165) is 19.5 Å². The largest absolute Gasteiger partial charge is 0.382 e. The third kappa shape index (κ3) is 12.3. The molecular formula is C11H26N2O4S. The van der Waals surface area contributed by atoms with Crippen molar-refractivity contribution in [3.63, 3.8) is 0 Å². The summed E-state index contributed by atoms with van der Waals surface area (Å²) >= 11 is 0. The SMILES string of the molecule is CCNCCCCS(=O)(=O)NCCOCCOC. The van der Waals surface area contributed by atoms with Gasteiger partial charge in [-0.15, -0.1) is 0 Å². The molecule has 0 atom stereocenters. The van der Waals surface area contributed by atoms with E-state index in [1.54, 1.807) is 7.11 Å². The van der Waals surface area contributed by atoms with Crippen molar-refractivity contribution in [2.75, 3.05) is 52.3 Å². The number of unbranched alkanes of at least 4 members (excludes halogenated alkanes) is 1. The highest BCUT2D eigenvalue weighted by atomic mass is 32.2. The number of ether oxygens (including phenoxy) is 2. The van der Waals surface area contributed by atoms with Crippen LogP contribution in [-0.2, 0) is 19.5 Å². The van der Waals surface area contributed by atoms with Gasteiger partial charge in [0.05, 0.1) is 25.6 Å².